The summed E-state index contributed by atoms with van der Waals surface area (Å²) in [5, 5.41) is 9.86. The van der Waals surface area contributed by atoms with Crippen molar-refractivity contribution in [3.05, 3.63) is 0 Å². The summed E-state index contributed by atoms with van der Waals surface area (Å²) in [6.45, 7) is 6.78. The van der Waals surface area contributed by atoms with Gasteiger partial charge in [-0.25, -0.2) is 0 Å². The molecule has 0 spiro atoms. The van der Waals surface area contributed by atoms with Crippen LogP contribution in [-0.2, 0) is 0 Å². The van der Waals surface area contributed by atoms with E-state index in [1.54, 1.807) is 0 Å². The van der Waals surface area contributed by atoms with Crippen LogP contribution in [0.25, 0.3) is 0 Å². The van der Waals surface area contributed by atoms with Gasteiger partial charge < -0.3 is 5.11 Å². The van der Waals surface area contributed by atoms with Gasteiger partial charge in [0, 0.05) is 0 Å². The van der Waals surface area contributed by atoms with Gasteiger partial charge in [0.05, 0.1) is 6.10 Å². The van der Waals surface area contributed by atoms with Gasteiger partial charge >= 0.3 is 0 Å². The Morgan fingerprint density at radius 1 is 0.632 bits per heavy atom. The molecular formula is C18H38O. The van der Waals surface area contributed by atoms with Crippen LogP contribution >= 0.6 is 0 Å². The Bertz CT molecular complexity index is 165. The number of aliphatic hydroxyl groups excluding tert-OH is 1. The third-order valence-corrected chi connectivity index (χ3v) is 3.96. The second-order valence-electron chi connectivity index (χ2n) is 6.60. The van der Waals surface area contributed by atoms with Crippen LogP contribution in [-0.4, -0.2) is 11.2 Å². The summed E-state index contributed by atoms with van der Waals surface area (Å²) >= 11 is 0. The summed E-state index contributed by atoms with van der Waals surface area (Å²) in [5.74, 6) is 0.778. The second-order valence-corrected chi connectivity index (χ2v) is 6.60. The molecule has 1 N–H and O–H groups in total. The molecule has 0 radical (unpaired) electrons. The summed E-state index contributed by atoms with van der Waals surface area (Å²) in [7, 11) is 0. The average molecular weight is 271 g/mol. The van der Waals surface area contributed by atoms with Crippen molar-refractivity contribution >= 4 is 0 Å². The fraction of sp³-hybridized carbons (Fsp3) is 1.00. The molecule has 0 aromatic heterocycles. The third kappa shape index (κ3) is 15.9. The molecule has 19 heavy (non-hydrogen) atoms. The van der Waals surface area contributed by atoms with E-state index in [4.69, 9.17) is 0 Å². The Labute approximate surface area is 122 Å². The molecule has 0 heterocycles. The van der Waals surface area contributed by atoms with Crippen LogP contribution in [0.4, 0.5) is 0 Å². The SMILES string of the molecule is CCCCCCCCCCCC(O)CCCC(C)C. The van der Waals surface area contributed by atoms with Gasteiger partial charge in [-0.1, -0.05) is 91.4 Å². The van der Waals surface area contributed by atoms with Crippen molar-refractivity contribution in [2.24, 2.45) is 5.92 Å². The van der Waals surface area contributed by atoms with E-state index in [0.717, 1.165) is 18.8 Å². The van der Waals surface area contributed by atoms with Crippen LogP contribution in [0.1, 0.15) is 104 Å². The van der Waals surface area contributed by atoms with Crippen LogP contribution < -0.4 is 0 Å². The molecule has 1 unspecified atom stereocenters. The molecule has 0 rings (SSSR count). The molecule has 0 fully saturated rings. The van der Waals surface area contributed by atoms with Crippen molar-refractivity contribution in [2.75, 3.05) is 0 Å². The molecule has 0 saturated heterocycles. The quantitative estimate of drug-likeness (QED) is 0.378. The molecular weight excluding hydrogens is 232 g/mol. The Morgan fingerprint density at radius 2 is 1.11 bits per heavy atom. The molecule has 116 valence electrons. The molecule has 1 atom stereocenters. The minimum absolute atomic E-state index is 0.0386. The van der Waals surface area contributed by atoms with E-state index in [0.29, 0.717) is 0 Å². The van der Waals surface area contributed by atoms with Crippen LogP contribution in [0.5, 0.6) is 0 Å². The molecule has 0 aromatic rings. The first-order valence-electron chi connectivity index (χ1n) is 8.84. The Hall–Kier alpha value is -0.0400. The Kier molecular flexibility index (Phi) is 14.3. The van der Waals surface area contributed by atoms with Gasteiger partial charge in [-0.15, -0.1) is 0 Å². The number of hydrogen-bond acceptors (Lipinski definition) is 1. The molecule has 0 aliphatic carbocycles. The largest absolute Gasteiger partial charge is 0.393 e. The van der Waals surface area contributed by atoms with Gasteiger partial charge in [-0.3, -0.25) is 0 Å². The second kappa shape index (κ2) is 14.4. The van der Waals surface area contributed by atoms with E-state index < -0.39 is 0 Å². The number of unbranched alkanes of at least 4 members (excludes halogenated alkanes) is 8. The van der Waals surface area contributed by atoms with Crippen molar-refractivity contribution in [1.82, 2.24) is 0 Å². The first kappa shape index (κ1) is 19.0. The van der Waals surface area contributed by atoms with Gasteiger partial charge in [0.15, 0.2) is 0 Å². The first-order chi connectivity index (χ1) is 9.16. The zero-order valence-electron chi connectivity index (χ0n) is 13.8. The summed E-state index contributed by atoms with van der Waals surface area (Å²) in [4.78, 5) is 0. The molecule has 1 heteroatoms. The highest BCUT2D eigenvalue weighted by Gasteiger charge is 2.04. The highest BCUT2D eigenvalue weighted by Crippen LogP contribution is 2.14. The van der Waals surface area contributed by atoms with Crippen molar-refractivity contribution < 1.29 is 5.11 Å². The molecule has 0 saturated carbocycles. The number of aliphatic hydroxyl groups is 1. The smallest absolute Gasteiger partial charge is 0.0540 e. The van der Waals surface area contributed by atoms with Gasteiger partial charge in [0.25, 0.3) is 0 Å². The zero-order chi connectivity index (χ0) is 14.3. The summed E-state index contributed by atoms with van der Waals surface area (Å²) in [6.07, 6.45) is 16.7. The lowest BCUT2D eigenvalue weighted by Gasteiger charge is -2.11. The topological polar surface area (TPSA) is 20.2 Å². The molecule has 0 aliphatic heterocycles. The number of hydrogen-bond donors (Lipinski definition) is 1. The zero-order valence-corrected chi connectivity index (χ0v) is 13.8. The van der Waals surface area contributed by atoms with Gasteiger partial charge in [-0.2, -0.15) is 0 Å². The predicted octanol–water partition coefficient (Wildman–Crippen LogP) is 6.09. The van der Waals surface area contributed by atoms with Crippen LogP contribution in [0.15, 0.2) is 0 Å². The third-order valence-electron chi connectivity index (χ3n) is 3.96. The van der Waals surface area contributed by atoms with Crippen LogP contribution in [0, 0.1) is 5.92 Å². The minimum Gasteiger partial charge on any atom is -0.393 e. The van der Waals surface area contributed by atoms with Gasteiger partial charge in [0.1, 0.15) is 0 Å². The van der Waals surface area contributed by atoms with Crippen molar-refractivity contribution in [2.45, 2.75) is 110 Å². The van der Waals surface area contributed by atoms with Crippen LogP contribution in [0.3, 0.4) is 0 Å². The van der Waals surface area contributed by atoms with E-state index in [-0.39, 0.29) is 6.10 Å². The first-order valence-corrected chi connectivity index (χ1v) is 8.84. The molecule has 0 aromatic carbocycles. The maximum Gasteiger partial charge on any atom is 0.0540 e. The fourth-order valence-electron chi connectivity index (χ4n) is 2.60. The maximum absolute atomic E-state index is 9.86. The average Bonchev–Trinajstić information content (AvgIpc) is 2.36. The van der Waals surface area contributed by atoms with Crippen molar-refractivity contribution in [3.8, 4) is 0 Å². The Morgan fingerprint density at radius 3 is 1.63 bits per heavy atom. The van der Waals surface area contributed by atoms with Gasteiger partial charge in [0.2, 0.25) is 0 Å². The number of rotatable bonds is 14. The lowest BCUT2D eigenvalue weighted by atomic mass is 10.0. The standard InChI is InChI=1S/C18H38O/c1-4-5-6-7-8-9-10-11-12-15-18(19)16-13-14-17(2)3/h17-19H,4-16H2,1-3H3. The lowest BCUT2D eigenvalue weighted by molar-refractivity contribution is 0.146. The summed E-state index contributed by atoms with van der Waals surface area (Å²) < 4.78 is 0. The maximum atomic E-state index is 9.86. The normalized spacial score (nSPS) is 13.1. The lowest BCUT2D eigenvalue weighted by Crippen LogP contribution is -2.06. The van der Waals surface area contributed by atoms with E-state index >= 15 is 0 Å². The molecule has 1 nitrogen and oxygen atoms in total. The van der Waals surface area contributed by atoms with Crippen molar-refractivity contribution in [1.29, 1.82) is 0 Å². The van der Waals surface area contributed by atoms with E-state index in [2.05, 4.69) is 20.8 Å². The molecule has 0 aliphatic rings. The van der Waals surface area contributed by atoms with E-state index in [1.165, 1.54) is 70.6 Å². The fourth-order valence-corrected chi connectivity index (χ4v) is 2.60. The van der Waals surface area contributed by atoms with E-state index in [1.807, 2.05) is 0 Å². The van der Waals surface area contributed by atoms with E-state index in [9.17, 15) is 5.11 Å². The predicted molar refractivity (Wildman–Crippen MR) is 86.5 cm³/mol. The molecule has 0 amide bonds. The molecule has 0 bridgehead atoms. The monoisotopic (exact) mass is 270 g/mol. The van der Waals surface area contributed by atoms with Crippen LogP contribution in [0.2, 0.25) is 0 Å². The minimum atomic E-state index is -0.0386. The summed E-state index contributed by atoms with van der Waals surface area (Å²) in [5.41, 5.74) is 0. The highest BCUT2D eigenvalue weighted by atomic mass is 16.3. The van der Waals surface area contributed by atoms with Crippen molar-refractivity contribution in [3.63, 3.8) is 0 Å². The highest BCUT2D eigenvalue weighted by molar-refractivity contribution is 4.58. The van der Waals surface area contributed by atoms with Gasteiger partial charge in [-0.05, 0) is 18.8 Å². The Balaban J connectivity index is 3.12. The summed E-state index contributed by atoms with van der Waals surface area (Å²) in [6, 6.07) is 0.